The molecule has 2 aromatic heterocycles. The Balaban J connectivity index is 1.53. The molecule has 238 valence electrons. The van der Waals surface area contributed by atoms with Gasteiger partial charge in [-0.15, -0.1) is 0 Å². The lowest BCUT2D eigenvalue weighted by molar-refractivity contribution is -0.166. The summed E-state index contributed by atoms with van der Waals surface area (Å²) < 4.78 is 23.9. The molecule has 4 aromatic rings. The molecule has 13 nitrogen and oxygen atoms in total. The van der Waals surface area contributed by atoms with Crippen molar-refractivity contribution >= 4 is 34.9 Å². The Morgan fingerprint density at radius 3 is 2.15 bits per heavy atom. The van der Waals surface area contributed by atoms with Crippen molar-refractivity contribution < 1.29 is 33.3 Å². The van der Waals surface area contributed by atoms with Crippen molar-refractivity contribution in [2.45, 2.75) is 65.1 Å². The largest absolute Gasteiger partial charge is 0.463 e. The molecule has 0 radical (unpaired) electrons. The van der Waals surface area contributed by atoms with Crippen molar-refractivity contribution in [2.24, 2.45) is 0 Å². The van der Waals surface area contributed by atoms with Crippen LogP contribution in [0.3, 0.4) is 0 Å². The number of benzene rings is 2. The van der Waals surface area contributed by atoms with Crippen molar-refractivity contribution in [3.8, 4) is 6.07 Å². The molecule has 0 aliphatic carbocycles. The van der Waals surface area contributed by atoms with Gasteiger partial charge in [-0.1, -0.05) is 59.7 Å². The van der Waals surface area contributed by atoms with Crippen LogP contribution in [-0.2, 0) is 33.3 Å². The summed E-state index contributed by atoms with van der Waals surface area (Å²) in [6.45, 7) is 7.90. The fourth-order valence-corrected chi connectivity index (χ4v) is 5.59. The minimum absolute atomic E-state index is 0.0597. The molecule has 3 heterocycles. The molecule has 0 spiro atoms. The van der Waals surface area contributed by atoms with Crippen LogP contribution in [0.15, 0.2) is 54.9 Å². The van der Waals surface area contributed by atoms with E-state index in [-0.39, 0.29) is 24.0 Å². The van der Waals surface area contributed by atoms with Gasteiger partial charge in [-0.2, -0.15) is 15.2 Å². The third kappa shape index (κ3) is 7.13. The van der Waals surface area contributed by atoms with E-state index in [0.717, 1.165) is 22.3 Å². The third-order valence-corrected chi connectivity index (χ3v) is 7.50. The number of rotatable bonds is 10. The maximum atomic E-state index is 12.2. The molecule has 0 bridgehead atoms. The van der Waals surface area contributed by atoms with E-state index in [1.807, 2.05) is 44.2 Å². The number of fused-ring (bicyclic) bond motifs is 1. The molecular weight excluding hydrogens is 592 g/mol. The van der Waals surface area contributed by atoms with Gasteiger partial charge in [0.25, 0.3) is 0 Å². The van der Waals surface area contributed by atoms with Crippen LogP contribution in [0, 0.1) is 25.2 Å². The number of aromatic nitrogens is 4. The average Bonchev–Trinajstić information content (AvgIpc) is 3.56. The number of hydrogen-bond acceptors (Lipinski definition) is 12. The second kappa shape index (κ2) is 13.7. The highest BCUT2D eigenvalue weighted by atomic mass is 16.7. The zero-order valence-electron chi connectivity index (χ0n) is 26.1. The zero-order chi connectivity index (χ0) is 33.0. The average molecular weight is 627 g/mol. The van der Waals surface area contributed by atoms with Crippen LogP contribution in [0.4, 0.5) is 5.82 Å². The number of anilines is 1. The SMILES string of the molecule is CC(=O)OCC1OC(n2cnc3c(NCC(c4cccc(C)c4)c4cccc(C)c4)nc(C#N)nc32)C(OC(C)=O)C1OC(C)=O. The van der Waals surface area contributed by atoms with Crippen LogP contribution in [0.5, 0.6) is 0 Å². The van der Waals surface area contributed by atoms with Gasteiger partial charge in [0.15, 0.2) is 35.4 Å². The number of carbonyl (C=O) groups is 3. The van der Waals surface area contributed by atoms with E-state index in [0.29, 0.717) is 17.9 Å². The van der Waals surface area contributed by atoms with E-state index >= 15 is 0 Å². The van der Waals surface area contributed by atoms with Gasteiger partial charge in [-0.3, -0.25) is 19.0 Å². The van der Waals surface area contributed by atoms with Crippen molar-refractivity contribution in [3.05, 3.63) is 82.9 Å². The topological polar surface area (TPSA) is 168 Å². The number of imidazole rings is 1. The van der Waals surface area contributed by atoms with E-state index in [2.05, 4.69) is 44.5 Å². The maximum Gasteiger partial charge on any atom is 0.303 e. The standard InChI is InChI=1S/C33H34N6O7/c1-18-8-6-10-23(12-18)25(24-11-7-9-19(2)13-24)15-35-31-28-32(38-27(14-34)37-31)39(17-36-28)33-30(45-22(5)42)29(44-21(4)41)26(46-33)16-43-20(3)40/h6-13,17,25-26,29-30,33H,15-16H2,1-5H3,(H,35,37,38). The second-order valence-electron chi connectivity index (χ2n) is 11.1. The molecule has 2 aromatic carbocycles. The monoisotopic (exact) mass is 626 g/mol. The number of nitriles is 1. The minimum Gasteiger partial charge on any atom is -0.463 e. The highest BCUT2D eigenvalue weighted by Gasteiger charge is 2.51. The highest BCUT2D eigenvalue weighted by molar-refractivity contribution is 5.83. The summed E-state index contributed by atoms with van der Waals surface area (Å²) in [4.78, 5) is 49.1. The Hall–Kier alpha value is -5.35. The number of hydrogen-bond donors (Lipinski definition) is 1. The third-order valence-electron chi connectivity index (χ3n) is 7.50. The minimum atomic E-state index is -1.15. The molecule has 1 aliphatic heterocycles. The molecule has 46 heavy (non-hydrogen) atoms. The molecule has 0 saturated carbocycles. The first-order valence-corrected chi connectivity index (χ1v) is 14.7. The van der Waals surface area contributed by atoms with Gasteiger partial charge in [0.1, 0.15) is 18.8 Å². The Morgan fingerprint density at radius 2 is 1.59 bits per heavy atom. The first-order chi connectivity index (χ1) is 22.0. The molecule has 1 saturated heterocycles. The van der Waals surface area contributed by atoms with Crippen molar-refractivity contribution in [2.75, 3.05) is 18.5 Å². The smallest absolute Gasteiger partial charge is 0.303 e. The Morgan fingerprint density at radius 1 is 0.957 bits per heavy atom. The molecule has 5 rings (SSSR count). The molecule has 4 unspecified atom stereocenters. The van der Waals surface area contributed by atoms with Crippen LogP contribution in [0.2, 0.25) is 0 Å². The van der Waals surface area contributed by atoms with Gasteiger partial charge in [0.05, 0.1) is 6.33 Å². The van der Waals surface area contributed by atoms with Gasteiger partial charge >= 0.3 is 17.9 Å². The highest BCUT2D eigenvalue weighted by Crippen LogP contribution is 2.37. The Bertz CT molecular complexity index is 1770. The lowest BCUT2D eigenvalue weighted by Gasteiger charge is -2.23. The van der Waals surface area contributed by atoms with Gasteiger partial charge in [-0.05, 0) is 25.0 Å². The van der Waals surface area contributed by atoms with Crippen LogP contribution >= 0.6 is 0 Å². The summed E-state index contributed by atoms with van der Waals surface area (Å²) in [7, 11) is 0. The molecule has 13 heteroatoms. The Kier molecular flexibility index (Phi) is 9.58. The fraction of sp³-hybridized carbons (Fsp3) is 0.364. The number of carbonyl (C=O) groups excluding carboxylic acids is 3. The summed E-state index contributed by atoms with van der Waals surface area (Å²) in [5.41, 5.74) is 5.02. The van der Waals surface area contributed by atoms with Gasteiger partial charge in [0.2, 0.25) is 5.82 Å². The summed E-state index contributed by atoms with van der Waals surface area (Å²) in [6.07, 6.45) is -2.91. The van der Waals surface area contributed by atoms with Crippen LogP contribution in [-0.4, -0.2) is 68.9 Å². The van der Waals surface area contributed by atoms with Crippen molar-refractivity contribution in [3.63, 3.8) is 0 Å². The number of ether oxygens (including phenoxy) is 4. The number of aryl methyl sites for hydroxylation is 2. The molecule has 1 N–H and O–H groups in total. The molecule has 1 aliphatic rings. The van der Waals surface area contributed by atoms with E-state index < -0.39 is 42.4 Å². The van der Waals surface area contributed by atoms with Crippen molar-refractivity contribution in [1.29, 1.82) is 5.26 Å². The number of nitrogens with one attached hydrogen (secondary N) is 1. The first-order valence-electron chi connectivity index (χ1n) is 14.7. The molecule has 4 atom stereocenters. The normalized spacial score (nSPS) is 19.1. The second-order valence-corrected chi connectivity index (χ2v) is 11.1. The predicted octanol–water partition coefficient (Wildman–Crippen LogP) is 3.88. The molecular formula is C33H34N6O7. The van der Waals surface area contributed by atoms with Crippen LogP contribution in [0.1, 0.15) is 61.0 Å². The van der Waals surface area contributed by atoms with Crippen molar-refractivity contribution in [1.82, 2.24) is 19.5 Å². The van der Waals surface area contributed by atoms with Gasteiger partial charge < -0.3 is 24.3 Å². The summed E-state index contributed by atoms with van der Waals surface area (Å²) >= 11 is 0. The van der Waals surface area contributed by atoms with E-state index in [9.17, 15) is 19.6 Å². The summed E-state index contributed by atoms with van der Waals surface area (Å²) in [5.74, 6) is -1.73. The molecule has 0 amide bonds. The Labute approximate surface area is 265 Å². The van der Waals surface area contributed by atoms with Crippen LogP contribution in [0.25, 0.3) is 11.2 Å². The summed E-state index contributed by atoms with van der Waals surface area (Å²) in [6, 6.07) is 18.5. The molecule has 1 fully saturated rings. The lowest BCUT2D eigenvalue weighted by atomic mass is 9.89. The predicted molar refractivity (Wildman–Crippen MR) is 164 cm³/mol. The first kappa shape index (κ1) is 32.1. The quantitative estimate of drug-likeness (QED) is 0.200. The van der Waals surface area contributed by atoms with E-state index in [4.69, 9.17) is 18.9 Å². The van der Waals surface area contributed by atoms with E-state index in [1.165, 1.54) is 31.7 Å². The van der Waals surface area contributed by atoms with Gasteiger partial charge in [0, 0.05) is 33.2 Å². The van der Waals surface area contributed by atoms with Gasteiger partial charge in [-0.25, -0.2) is 4.98 Å². The lowest BCUT2D eigenvalue weighted by Crippen LogP contribution is -2.40. The zero-order valence-corrected chi connectivity index (χ0v) is 26.1. The van der Waals surface area contributed by atoms with E-state index in [1.54, 1.807) is 0 Å². The number of nitrogens with zero attached hydrogens (tertiary/aromatic N) is 5. The maximum absolute atomic E-state index is 12.2. The van der Waals surface area contributed by atoms with Crippen LogP contribution < -0.4 is 5.32 Å². The summed E-state index contributed by atoms with van der Waals surface area (Å²) in [5, 5.41) is 13.2. The number of esters is 3. The fourth-order valence-electron chi connectivity index (χ4n) is 5.59.